The minimum atomic E-state index is -0.792. The van der Waals surface area contributed by atoms with Crippen molar-refractivity contribution in [3.63, 3.8) is 0 Å². The average molecular weight is 312 g/mol. The van der Waals surface area contributed by atoms with Gasteiger partial charge in [-0.15, -0.1) is 0 Å². The van der Waals surface area contributed by atoms with E-state index < -0.39 is 5.97 Å². The van der Waals surface area contributed by atoms with Crippen LogP contribution in [0.25, 0.3) is 0 Å². The quantitative estimate of drug-likeness (QED) is 0.875. The lowest BCUT2D eigenvalue weighted by Gasteiger charge is -2.13. The summed E-state index contributed by atoms with van der Waals surface area (Å²) in [7, 11) is 0. The molecule has 21 heavy (non-hydrogen) atoms. The lowest BCUT2D eigenvalue weighted by Crippen LogP contribution is -2.36. The SMILES string of the molecule is Cc1cc(OCC(=O)NC2CCC(C(=O)O)C2)ccc1Cl. The van der Waals surface area contributed by atoms with Crippen LogP contribution in [0.15, 0.2) is 18.2 Å². The van der Waals surface area contributed by atoms with E-state index in [0.29, 0.717) is 30.0 Å². The number of carbonyl (C=O) groups excluding carboxylic acids is 1. The zero-order chi connectivity index (χ0) is 15.4. The summed E-state index contributed by atoms with van der Waals surface area (Å²) in [5, 5.41) is 12.4. The zero-order valence-electron chi connectivity index (χ0n) is 11.8. The molecule has 6 heteroatoms. The predicted octanol–water partition coefficient (Wildman–Crippen LogP) is 2.40. The second-order valence-electron chi connectivity index (χ2n) is 5.31. The molecule has 1 aromatic rings. The number of amides is 1. The molecule has 0 radical (unpaired) electrons. The van der Waals surface area contributed by atoms with Gasteiger partial charge in [-0.2, -0.15) is 0 Å². The highest BCUT2D eigenvalue weighted by Crippen LogP contribution is 2.25. The van der Waals surface area contributed by atoms with Crippen molar-refractivity contribution in [3.8, 4) is 5.75 Å². The number of aliphatic carboxylic acids is 1. The molecule has 1 fully saturated rings. The number of hydrogen-bond acceptors (Lipinski definition) is 3. The third-order valence-corrected chi connectivity index (χ3v) is 4.07. The monoisotopic (exact) mass is 311 g/mol. The molecule has 0 bridgehead atoms. The Labute approximate surface area is 128 Å². The van der Waals surface area contributed by atoms with Crippen molar-refractivity contribution < 1.29 is 19.4 Å². The molecule has 114 valence electrons. The molecular weight excluding hydrogens is 294 g/mol. The summed E-state index contributed by atoms with van der Waals surface area (Å²) in [4.78, 5) is 22.6. The fourth-order valence-electron chi connectivity index (χ4n) is 2.46. The fourth-order valence-corrected chi connectivity index (χ4v) is 2.58. The predicted molar refractivity (Wildman–Crippen MR) is 78.6 cm³/mol. The molecule has 1 amide bonds. The van der Waals surface area contributed by atoms with Crippen molar-refractivity contribution >= 4 is 23.5 Å². The van der Waals surface area contributed by atoms with Gasteiger partial charge in [0, 0.05) is 11.1 Å². The zero-order valence-corrected chi connectivity index (χ0v) is 12.5. The van der Waals surface area contributed by atoms with Gasteiger partial charge in [-0.3, -0.25) is 9.59 Å². The Morgan fingerprint density at radius 1 is 1.43 bits per heavy atom. The highest BCUT2D eigenvalue weighted by molar-refractivity contribution is 6.31. The maximum Gasteiger partial charge on any atom is 0.306 e. The topological polar surface area (TPSA) is 75.6 Å². The lowest BCUT2D eigenvalue weighted by molar-refractivity contribution is -0.141. The third kappa shape index (κ3) is 4.36. The van der Waals surface area contributed by atoms with Gasteiger partial charge in [0.2, 0.25) is 0 Å². The summed E-state index contributed by atoms with van der Waals surface area (Å²) in [5.41, 5.74) is 0.884. The number of carboxylic acid groups (broad SMARTS) is 1. The van der Waals surface area contributed by atoms with Crippen LogP contribution < -0.4 is 10.1 Å². The molecular formula is C15H18ClNO4. The van der Waals surface area contributed by atoms with Gasteiger partial charge in [-0.05, 0) is 49.9 Å². The summed E-state index contributed by atoms with van der Waals surface area (Å²) in [5.74, 6) is -0.796. The molecule has 0 spiro atoms. The molecule has 2 rings (SSSR count). The summed E-state index contributed by atoms with van der Waals surface area (Å²) in [6, 6.07) is 5.12. The van der Waals surface area contributed by atoms with Crippen LogP contribution in [0.3, 0.4) is 0 Å². The van der Waals surface area contributed by atoms with E-state index in [1.807, 2.05) is 6.92 Å². The van der Waals surface area contributed by atoms with Crippen molar-refractivity contribution in [3.05, 3.63) is 28.8 Å². The number of halogens is 1. The van der Waals surface area contributed by atoms with E-state index >= 15 is 0 Å². The Morgan fingerprint density at radius 2 is 2.19 bits per heavy atom. The van der Waals surface area contributed by atoms with Gasteiger partial charge in [0.05, 0.1) is 5.92 Å². The molecule has 0 saturated heterocycles. The number of aryl methyl sites for hydroxylation is 1. The van der Waals surface area contributed by atoms with Crippen LogP contribution >= 0.6 is 11.6 Å². The van der Waals surface area contributed by atoms with Gasteiger partial charge < -0.3 is 15.2 Å². The smallest absolute Gasteiger partial charge is 0.306 e. The first-order valence-electron chi connectivity index (χ1n) is 6.87. The van der Waals surface area contributed by atoms with E-state index in [-0.39, 0.29) is 24.5 Å². The number of benzene rings is 1. The molecule has 2 unspecified atom stereocenters. The molecule has 0 aromatic heterocycles. The van der Waals surface area contributed by atoms with Gasteiger partial charge in [0.25, 0.3) is 5.91 Å². The summed E-state index contributed by atoms with van der Waals surface area (Å²) >= 11 is 5.91. The van der Waals surface area contributed by atoms with Crippen LogP contribution in [0.1, 0.15) is 24.8 Å². The third-order valence-electron chi connectivity index (χ3n) is 3.65. The van der Waals surface area contributed by atoms with E-state index in [9.17, 15) is 9.59 Å². The van der Waals surface area contributed by atoms with Gasteiger partial charge >= 0.3 is 5.97 Å². The Kier molecular flexibility index (Phi) is 5.07. The molecule has 2 atom stereocenters. The van der Waals surface area contributed by atoms with Crippen LogP contribution in [0.5, 0.6) is 5.75 Å². The Balaban J connectivity index is 1.77. The van der Waals surface area contributed by atoms with E-state index in [2.05, 4.69) is 5.32 Å². The molecule has 1 aliphatic rings. The molecule has 0 heterocycles. The minimum Gasteiger partial charge on any atom is -0.484 e. The number of ether oxygens (including phenoxy) is 1. The van der Waals surface area contributed by atoms with Gasteiger partial charge in [0.15, 0.2) is 6.61 Å². The van der Waals surface area contributed by atoms with Crippen LogP contribution in [0, 0.1) is 12.8 Å². The second-order valence-corrected chi connectivity index (χ2v) is 5.72. The Bertz CT molecular complexity index is 546. The van der Waals surface area contributed by atoms with Crippen molar-refractivity contribution in [1.29, 1.82) is 0 Å². The highest BCUT2D eigenvalue weighted by atomic mass is 35.5. The first kappa shape index (κ1) is 15.6. The number of rotatable bonds is 5. The van der Waals surface area contributed by atoms with Gasteiger partial charge in [-0.1, -0.05) is 11.6 Å². The van der Waals surface area contributed by atoms with Crippen molar-refractivity contribution in [1.82, 2.24) is 5.32 Å². The summed E-state index contributed by atoms with van der Waals surface area (Å²) < 4.78 is 5.40. The number of carbonyl (C=O) groups is 2. The minimum absolute atomic E-state index is 0.0749. The van der Waals surface area contributed by atoms with Crippen LogP contribution in [-0.4, -0.2) is 29.6 Å². The summed E-state index contributed by atoms with van der Waals surface area (Å²) in [6.07, 6.45) is 1.79. The van der Waals surface area contributed by atoms with Crippen LogP contribution in [0.2, 0.25) is 5.02 Å². The lowest BCUT2D eigenvalue weighted by atomic mass is 10.1. The van der Waals surface area contributed by atoms with Crippen molar-refractivity contribution in [2.45, 2.75) is 32.2 Å². The first-order valence-corrected chi connectivity index (χ1v) is 7.24. The standard InChI is InChI=1S/C15H18ClNO4/c1-9-6-12(4-5-13(9)16)21-8-14(18)17-11-3-2-10(7-11)15(19)20/h4-6,10-11H,2-3,7-8H2,1H3,(H,17,18)(H,19,20). The van der Waals surface area contributed by atoms with E-state index in [4.69, 9.17) is 21.4 Å². The first-order chi connectivity index (χ1) is 9.95. The molecule has 1 saturated carbocycles. The van der Waals surface area contributed by atoms with Gasteiger partial charge in [-0.25, -0.2) is 0 Å². The Morgan fingerprint density at radius 3 is 2.81 bits per heavy atom. The fraction of sp³-hybridized carbons (Fsp3) is 0.467. The normalized spacial score (nSPS) is 21.0. The maximum absolute atomic E-state index is 11.8. The largest absolute Gasteiger partial charge is 0.484 e. The number of carboxylic acids is 1. The summed E-state index contributed by atoms with van der Waals surface area (Å²) in [6.45, 7) is 1.77. The second kappa shape index (κ2) is 6.80. The highest BCUT2D eigenvalue weighted by Gasteiger charge is 2.30. The molecule has 1 aromatic carbocycles. The molecule has 2 N–H and O–H groups in total. The van der Waals surface area contributed by atoms with E-state index in [0.717, 1.165) is 5.56 Å². The number of hydrogen-bond donors (Lipinski definition) is 2. The van der Waals surface area contributed by atoms with E-state index in [1.165, 1.54) is 0 Å². The molecule has 0 aliphatic heterocycles. The van der Waals surface area contributed by atoms with E-state index in [1.54, 1.807) is 18.2 Å². The molecule has 1 aliphatic carbocycles. The van der Waals surface area contributed by atoms with Crippen molar-refractivity contribution in [2.75, 3.05) is 6.61 Å². The average Bonchev–Trinajstić information content (AvgIpc) is 2.89. The van der Waals surface area contributed by atoms with Crippen molar-refractivity contribution in [2.24, 2.45) is 5.92 Å². The van der Waals surface area contributed by atoms with Gasteiger partial charge in [0.1, 0.15) is 5.75 Å². The molecule has 5 nitrogen and oxygen atoms in total. The van der Waals surface area contributed by atoms with Crippen LogP contribution in [-0.2, 0) is 9.59 Å². The van der Waals surface area contributed by atoms with Crippen LogP contribution in [0.4, 0.5) is 0 Å². The Hall–Kier alpha value is -1.75. The number of nitrogens with one attached hydrogen (secondary N) is 1. The maximum atomic E-state index is 11.8.